The summed E-state index contributed by atoms with van der Waals surface area (Å²) >= 11 is 0. The Labute approximate surface area is 102 Å². The first-order chi connectivity index (χ1) is 8.08. The number of nitrogen functional groups attached to an aromatic ring is 1. The maximum absolute atomic E-state index is 5.65. The van der Waals surface area contributed by atoms with Gasteiger partial charge in [-0.1, -0.05) is 6.92 Å². The Balaban J connectivity index is 3.00. The third-order valence-corrected chi connectivity index (χ3v) is 2.24. The van der Waals surface area contributed by atoms with Crippen LogP contribution in [0.1, 0.15) is 34.1 Å². The molecule has 17 heavy (non-hydrogen) atoms. The molecule has 0 bridgehead atoms. The van der Waals surface area contributed by atoms with Gasteiger partial charge in [0.2, 0.25) is 11.9 Å². The second-order valence-corrected chi connectivity index (χ2v) is 4.00. The summed E-state index contributed by atoms with van der Waals surface area (Å²) in [6.45, 7) is 9.58. The van der Waals surface area contributed by atoms with Crippen molar-refractivity contribution in [2.45, 2.75) is 40.2 Å². The Kier molecular flexibility index (Phi) is 4.93. The summed E-state index contributed by atoms with van der Waals surface area (Å²) in [6.07, 6.45) is 1.02. The highest BCUT2D eigenvalue weighted by molar-refractivity contribution is 5.36. The van der Waals surface area contributed by atoms with E-state index in [1.807, 2.05) is 6.92 Å². The van der Waals surface area contributed by atoms with Crippen LogP contribution in [0.25, 0.3) is 0 Å². The van der Waals surface area contributed by atoms with Crippen LogP contribution in [0, 0.1) is 0 Å². The Morgan fingerprint density at radius 2 is 1.94 bits per heavy atom. The molecule has 0 unspecified atom stereocenters. The van der Waals surface area contributed by atoms with Gasteiger partial charge in [-0.3, -0.25) is 0 Å². The fourth-order valence-corrected chi connectivity index (χ4v) is 1.51. The molecule has 1 rings (SSSR count). The first-order valence-corrected chi connectivity index (χ1v) is 5.99. The van der Waals surface area contributed by atoms with Crippen LogP contribution in [0.3, 0.4) is 0 Å². The van der Waals surface area contributed by atoms with Gasteiger partial charge in [0.15, 0.2) is 0 Å². The number of nitrogens with zero attached hydrogens (tertiary/aromatic N) is 4. The molecule has 0 saturated carbocycles. The van der Waals surface area contributed by atoms with Crippen LogP contribution in [0.15, 0.2) is 0 Å². The highest BCUT2D eigenvalue weighted by atomic mass is 16.5. The summed E-state index contributed by atoms with van der Waals surface area (Å²) in [7, 11) is 0. The highest BCUT2D eigenvalue weighted by Gasteiger charge is 2.15. The molecule has 0 aliphatic carbocycles. The Morgan fingerprint density at radius 1 is 1.24 bits per heavy atom. The summed E-state index contributed by atoms with van der Waals surface area (Å²) in [6, 6.07) is 0.600. The predicted molar refractivity (Wildman–Crippen MR) is 68.2 cm³/mol. The highest BCUT2D eigenvalue weighted by Crippen LogP contribution is 2.16. The molecule has 0 amide bonds. The first kappa shape index (κ1) is 13.5. The van der Waals surface area contributed by atoms with Crippen LogP contribution < -0.4 is 15.4 Å². The summed E-state index contributed by atoms with van der Waals surface area (Å²) in [5.41, 5.74) is 5.65. The van der Waals surface area contributed by atoms with Gasteiger partial charge in [0, 0.05) is 12.6 Å². The molecule has 0 aliphatic rings. The fraction of sp³-hybridized carbons (Fsp3) is 0.727. The van der Waals surface area contributed by atoms with E-state index in [9.17, 15) is 0 Å². The standard InChI is InChI=1S/C11H21N5O/c1-5-7-16(8(3)4)10-13-9(12)14-11(15-10)17-6-2/h8H,5-7H2,1-4H3,(H2,12,13,14,15). The number of rotatable bonds is 6. The molecule has 0 aromatic carbocycles. The number of nitrogens with two attached hydrogens (primary N) is 1. The van der Waals surface area contributed by atoms with Crippen molar-refractivity contribution in [3.8, 4) is 6.01 Å². The Hall–Kier alpha value is -1.59. The van der Waals surface area contributed by atoms with E-state index in [1.165, 1.54) is 0 Å². The van der Waals surface area contributed by atoms with Crippen LogP contribution in [0.5, 0.6) is 6.01 Å². The van der Waals surface area contributed by atoms with E-state index >= 15 is 0 Å². The predicted octanol–water partition coefficient (Wildman–Crippen LogP) is 1.48. The van der Waals surface area contributed by atoms with Gasteiger partial charge in [-0.15, -0.1) is 0 Å². The van der Waals surface area contributed by atoms with Crippen LogP contribution >= 0.6 is 0 Å². The number of aromatic nitrogens is 3. The molecule has 0 radical (unpaired) electrons. The minimum atomic E-state index is 0.195. The van der Waals surface area contributed by atoms with E-state index in [0.29, 0.717) is 18.6 Å². The van der Waals surface area contributed by atoms with E-state index in [0.717, 1.165) is 13.0 Å². The van der Waals surface area contributed by atoms with Crippen molar-refractivity contribution >= 4 is 11.9 Å². The van der Waals surface area contributed by atoms with Crippen molar-refractivity contribution in [3.05, 3.63) is 0 Å². The van der Waals surface area contributed by atoms with Crippen molar-refractivity contribution < 1.29 is 4.74 Å². The summed E-state index contributed by atoms with van der Waals surface area (Å²) in [5.74, 6) is 0.776. The molecule has 2 N–H and O–H groups in total. The van der Waals surface area contributed by atoms with Crippen molar-refractivity contribution in [1.29, 1.82) is 0 Å². The number of ether oxygens (including phenoxy) is 1. The van der Waals surface area contributed by atoms with Crippen LogP contribution in [0.2, 0.25) is 0 Å². The topological polar surface area (TPSA) is 77.2 Å². The molecule has 6 nitrogen and oxygen atoms in total. The molecule has 96 valence electrons. The lowest BCUT2D eigenvalue weighted by molar-refractivity contribution is 0.312. The number of anilines is 2. The third kappa shape index (κ3) is 3.72. The summed E-state index contributed by atoms with van der Waals surface area (Å²) < 4.78 is 5.27. The molecule has 0 fully saturated rings. The van der Waals surface area contributed by atoms with Crippen molar-refractivity contribution in [1.82, 2.24) is 15.0 Å². The van der Waals surface area contributed by atoms with Crippen molar-refractivity contribution in [3.63, 3.8) is 0 Å². The average molecular weight is 239 g/mol. The van der Waals surface area contributed by atoms with E-state index in [2.05, 4.69) is 40.6 Å². The number of hydrogen-bond donors (Lipinski definition) is 1. The maximum Gasteiger partial charge on any atom is 0.323 e. The SMILES string of the molecule is CCCN(c1nc(N)nc(OCC)n1)C(C)C. The van der Waals surface area contributed by atoms with Crippen molar-refractivity contribution in [2.24, 2.45) is 0 Å². The van der Waals surface area contributed by atoms with E-state index in [1.54, 1.807) is 0 Å². The molecule has 0 aliphatic heterocycles. The summed E-state index contributed by atoms with van der Waals surface area (Å²) in [5, 5.41) is 0. The molecule has 1 heterocycles. The molecular weight excluding hydrogens is 218 g/mol. The van der Waals surface area contributed by atoms with E-state index in [4.69, 9.17) is 10.5 Å². The largest absolute Gasteiger partial charge is 0.464 e. The molecule has 1 aromatic heterocycles. The Bertz CT molecular complexity index is 356. The molecular formula is C11H21N5O. The van der Waals surface area contributed by atoms with Crippen LogP contribution in [-0.4, -0.2) is 34.1 Å². The normalized spacial score (nSPS) is 10.6. The molecule has 0 atom stereocenters. The molecule has 6 heteroatoms. The van der Waals surface area contributed by atoms with Gasteiger partial charge in [-0.25, -0.2) is 0 Å². The second-order valence-electron chi connectivity index (χ2n) is 4.00. The molecule has 0 saturated heterocycles. The lowest BCUT2D eigenvalue weighted by Crippen LogP contribution is -2.33. The van der Waals surface area contributed by atoms with Gasteiger partial charge in [0.1, 0.15) is 0 Å². The third-order valence-electron chi connectivity index (χ3n) is 2.24. The van der Waals surface area contributed by atoms with Gasteiger partial charge in [-0.2, -0.15) is 15.0 Å². The van der Waals surface area contributed by atoms with Gasteiger partial charge in [0.25, 0.3) is 0 Å². The number of hydrogen-bond acceptors (Lipinski definition) is 6. The minimum Gasteiger partial charge on any atom is -0.464 e. The zero-order chi connectivity index (χ0) is 12.8. The second kappa shape index (κ2) is 6.22. The van der Waals surface area contributed by atoms with Crippen LogP contribution in [0.4, 0.5) is 11.9 Å². The molecule has 0 spiro atoms. The van der Waals surface area contributed by atoms with Gasteiger partial charge in [-0.05, 0) is 27.2 Å². The quantitative estimate of drug-likeness (QED) is 0.810. The summed E-state index contributed by atoms with van der Waals surface area (Å²) in [4.78, 5) is 14.4. The van der Waals surface area contributed by atoms with Gasteiger partial charge >= 0.3 is 6.01 Å². The van der Waals surface area contributed by atoms with E-state index in [-0.39, 0.29) is 12.0 Å². The first-order valence-electron chi connectivity index (χ1n) is 5.99. The van der Waals surface area contributed by atoms with Gasteiger partial charge < -0.3 is 15.4 Å². The van der Waals surface area contributed by atoms with Crippen LogP contribution in [-0.2, 0) is 0 Å². The Morgan fingerprint density at radius 3 is 2.47 bits per heavy atom. The average Bonchev–Trinajstić information content (AvgIpc) is 2.25. The lowest BCUT2D eigenvalue weighted by atomic mass is 10.3. The lowest BCUT2D eigenvalue weighted by Gasteiger charge is -2.26. The smallest absolute Gasteiger partial charge is 0.323 e. The zero-order valence-electron chi connectivity index (χ0n) is 11.0. The maximum atomic E-state index is 5.65. The van der Waals surface area contributed by atoms with Crippen molar-refractivity contribution in [2.75, 3.05) is 23.8 Å². The fourth-order valence-electron chi connectivity index (χ4n) is 1.51. The van der Waals surface area contributed by atoms with Gasteiger partial charge in [0.05, 0.1) is 6.61 Å². The molecule has 1 aromatic rings. The minimum absolute atomic E-state index is 0.195. The monoisotopic (exact) mass is 239 g/mol. The van der Waals surface area contributed by atoms with E-state index < -0.39 is 0 Å². The zero-order valence-corrected chi connectivity index (χ0v) is 11.0.